The predicted octanol–water partition coefficient (Wildman–Crippen LogP) is 0.483. The van der Waals surface area contributed by atoms with Crippen LogP contribution in [0.2, 0.25) is 0 Å². The quantitative estimate of drug-likeness (QED) is 0.855. The Balaban J connectivity index is 0.00000147. The maximum absolute atomic E-state index is 5.42. The molecule has 1 aromatic heterocycles. The topological polar surface area (TPSA) is 76.9 Å². The first-order chi connectivity index (χ1) is 9.38. The summed E-state index contributed by atoms with van der Waals surface area (Å²) < 4.78 is 7.10. The van der Waals surface area contributed by atoms with E-state index in [1.807, 2.05) is 30.3 Å². The molecule has 0 amide bonds. The van der Waals surface area contributed by atoms with Crippen LogP contribution in [0.25, 0.3) is 5.69 Å². The predicted molar refractivity (Wildman–Crippen MR) is 77.5 cm³/mol. The van der Waals surface area contributed by atoms with Gasteiger partial charge in [0, 0.05) is 20.2 Å². The molecular weight excluding hydrogens is 280 g/mol. The Morgan fingerprint density at radius 2 is 2.10 bits per heavy atom. The average Bonchev–Trinajstić information content (AvgIpc) is 3.09. The van der Waals surface area contributed by atoms with Crippen molar-refractivity contribution < 1.29 is 4.74 Å². The Bertz CT molecular complexity index is 534. The summed E-state index contributed by atoms with van der Waals surface area (Å²) in [6.45, 7) is 1.67. The van der Waals surface area contributed by atoms with Gasteiger partial charge in [-0.1, -0.05) is 23.3 Å². The second-order valence-corrected chi connectivity index (χ2v) is 4.43. The van der Waals surface area contributed by atoms with E-state index in [9.17, 15) is 0 Å². The Kier molecular flexibility index (Phi) is 4.89. The number of anilines is 1. The first-order valence-corrected chi connectivity index (χ1v) is 6.22. The molecular formula is C12H17ClN6O. The molecule has 0 aliphatic carbocycles. The zero-order valence-electron chi connectivity index (χ0n) is 11.1. The van der Waals surface area contributed by atoms with Crippen LogP contribution in [0.5, 0.6) is 0 Å². The number of tetrazole rings is 1. The number of ether oxygens (including phenoxy) is 1. The van der Waals surface area contributed by atoms with E-state index in [1.165, 1.54) is 0 Å². The van der Waals surface area contributed by atoms with Gasteiger partial charge >= 0.3 is 0 Å². The van der Waals surface area contributed by atoms with Crippen LogP contribution in [0.4, 0.5) is 5.95 Å². The van der Waals surface area contributed by atoms with E-state index in [-0.39, 0.29) is 24.6 Å². The molecule has 2 aromatic rings. The number of halogens is 1. The maximum atomic E-state index is 5.42. The summed E-state index contributed by atoms with van der Waals surface area (Å²) in [7, 11) is 1.71. The molecule has 1 aliphatic heterocycles. The lowest BCUT2D eigenvalue weighted by Crippen LogP contribution is -2.34. The summed E-state index contributed by atoms with van der Waals surface area (Å²) in [5.74, 6) is 0.627. The zero-order valence-corrected chi connectivity index (χ0v) is 11.9. The van der Waals surface area contributed by atoms with Gasteiger partial charge in [-0.3, -0.25) is 0 Å². The number of hydrogen-bond donors (Lipinski definition) is 2. The molecule has 2 heterocycles. The summed E-state index contributed by atoms with van der Waals surface area (Å²) in [5, 5.41) is 18.4. The van der Waals surface area contributed by atoms with Crippen LogP contribution in [0.15, 0.2) is 30.3 Å². The molecule has 3 rings (SSSR count). The highest BCUT2D eigenvalue weighted by atomic mass is 35.5. The van der Waals surface area contributed by atoms with Crippen molar-refractivity contribution in [3.8, 4) is 5.69 Å². The molecule has 0 radical (unpaired) electrons. The molecule has 20 heavy (non-hydrogen) atoms. The Morgan fingerprint density at radius 1 is 1.30 bits per heavy atom. The number of hydrogen-bond acceptors (Lipinski definition) is 6. The van der Waals surface area contributed by atoms with Gasteiger partial charge in [0.15, 0.2) is 0 Å². The molecule has 8 heteroatoms. The van der Waals surface area contributed by atoms with Crippen LogP contribution in [-0.2, 0) is 4.74 Å². The van der Waals surface area contributed by atoms with Crippen molar-refractivity contribution in [1.29, 1.82) is 0 Å². The van der Waals surface area contributed by atoms with E-state index >= 15 is 0 Å². The van der Waals surface area contributed by atoms with Gasteiger partial charge in [0.2, 0.25) is 5.95 Å². The number of nitrogens with one attached hydrogen (secondary N) is 2. The van der Waals surface area contributed by atoms with Gasteiger partial charge in [-0.05, 0) is 22.6 Å². The SMILES string of the molecule is CO[C@H]1CNC[C@@H]1Nc1nnnn1-c1ccccc1.Cl. The Hall–Kier alpha value is -1.70. The first kappa shape index (κ1) is 14.7. The smallest absolute Gasteiger partial charge is 0.248 e. The number of para-hydroxylation sites is 1. The van der Waals surface area contributed by atoms with Crippen molar-refractivity contribution in [2.45, 2.75) is 12.1 Å². The van der Waals surface area contributed by atoms with E-state index < -0.39 is 0 Å². The van der Waals surface area contributed by atoms with Gasteiger partial charge in [0.05, 0.1) is 17.8 Å². The van der Waals surface area contributed by atoms with Gasteiger partial charge in [0.1, 0.15) is 0 Å². The molecule has 108 valence electrons. The lowest BCUT2D eigenvalue weighted by Gasteiger charge is -2.18. The molecule has 0 spiro atoms. The molecule has 0 saturated carbocycles. The van der Waals surface area contributed by atoms with E-state index in [0.29, 0.717) is 5.95 Å². The van der Waals surface area contributed by atoms with E-state index in [1.54, 1.807) is 11.8 Å². The summed E-state index contributed by atoms with van der Waals surface area (Å²) in [6, 6.07) is 9.96. The van der Waals surface area contributed by atoms with Gasteiger partial charge in [-0.15, -0.1) is 12.4 Å². The minimum absolute atomic E-state index is 0. The second-order valence-electron chi connectivity index (χ2n) is 4.43. The van der Waals surface area contributed by atoms with Gasteiger partial charge < -0.3 is 15.4 Å². The van der Waals surface area contributed by atoms with Crippen LogP contribution in [0.3, 0.4) is 0 Å². The molecule has 7 nitrogen and oxygen atoms in total. The van der Waals surface area contributed by atoms with Gasteiger partial charge in [-0.2, -0.15) is 4.68 Å². The van der Waals surface area contributed by atoms with E-state index in [4.69, 9.17) is 4.74 Å². The highest BCUT2D eigenvalue weighted by molar-refractivity contribution is 5.85. The van der Waals surface area contributed by atoms with Crippen molar-refractivity contribution >= 4 is 18.4 Å². The fraction of sp³-hybridized carbons (Fsp3) is 0.417. The third kappa shape index (κ3) is 2.90. The number of rotatable bonds is 4. The largest absolute Gasteiger partial charge is 0.378 e. The summed E-state index contributed by atoms with van der Waals surface area (Å²) in [4.78, 5) is 0. The number of nitrogens with zero attached hydrogens (tertiary/aromatic N) is 4. The Labute approximate surface area is 123 Å². The average molecular weight is 297 g/mol. The first-order valence-electron chi connectivity index (χ1n) is 6.22. The van der Waals surface area contributed by atoms with Crippen LogP contribution >= 0.6 is 12.4 Å². The third-order valence-electron chi connectivity index (χ3n) is 3.25. The van der Waals surface area contributed by atoms with Crippen molar-refractivity contribution in [1.82, 2.24) is 25.5 Å². The lowest BCUT2D eigenvalue weighted by molar-refractivity contribution is 0.111. The van der Waals surface area contributed by atoms with E-state index in [0.717, 1.165) is 18.8 Å². The molecule has 0 bridgehead atoms. The molecule has 1 aromatic carbocycles. The van der Waals surface area contributed by atoms with Crippen molar-refractivity contribution in [3.05, 3.63) is 30.3 Å². The second kappa shape index (κ2) is 6.65. The summed E-state index contributed by atoms with van der Waals surface area (Å²) in [5.41, 5.74) is 0.926. The molecule has 1 fully saturated rings. The van der Waals surface area contributed by atoms with E-state index in [2.05, 4.69) is 26.2 Å². The monoisotopic (exact) mass is 296 g/mol. The number of benzene rings is 1. The fourth-order valence-corrected chi connectivity index (χ4v) is 2.23. The lowest BCUT2D eigenvalue weighted by atomic mass is 10.2. The highest BCUT2D eigenvalue weighted by Crippen LogP contribution is 2.14. The standard InChI is InChI=1S/C12H16N6O.ClH/c1-19-11-8-13-7-10(11)14-12-15-16-17-18(12)9-5-3-2-4-6-9;/h2-6,10-11,13H,7-8H2,1H3,(H,14,15,17);1H/t10-,11-;/m0./s1. The molecule has 1 saturated heterocycles. The van der Waals surface area contributed by atoms with Crippen LogP contribution < -0.4 is 10.6 Å². The van der Waals surface area contributed by atoms with Crippen molar-refractivity contribution in [2.75, 3.05) is 25.5 Å². The summed E-state index contributed by atoms with van der Waals surface area (Å²) in [6.07, 6.45) is 0.126. The van der Waals surface area contributed by atoms with Gasteiger partial charge in [-0.25, -0.2) is 0 Å². The minimum Gasteiger partial charge on any atom is -0.378 e. The number of methoxy groups -OCH3 is 1. The highest BCUT2D eigenvalue weighted by Gasteiger charge is 2.28. The fourth-order valence-electron chi connectivity index (χ4n) is 2.23. The normalized spacial score (nSPS) is 21.4. The maximum Gasteiger partial charge on any atom is 0.248 e. The summed E-state index contributed by atoms with van der Waals surface area (Å²) >= 11 is 0. The third-order valence-corrected chi connectivity index (χ3v) is 3.25. The van der Waals surface area contributed by atoms with Gasteiger partial charge in [0.25, 0.3) is 0 Å². The number of aromatic nitrogens is 4. The van der Waals surface area contributed by atoms with Crippen molar-refractivity contribution in [2.24, 2.45) is 0 Å². The molecule has 0 unspecified atom stereocenters. The van der Waals surface area contributed by atoms with Crippen LogP contribution in [-0.4, -0.2) is 52.6 Å². The Morgan fingerprint density at radius 3 is 2.85 bits per heavy atom. The molecule has 1 aliphatic rings. The molecule has 2 N–H and O–H groups in total. The molecule has 2 atom stereocenters. The minimum atomic E-state index is 0. The zero-order chi connectivity index (χ0) is 13.1. The van der Waals surface area contributed by atoms with Crippen LogP contribution in [0, 0.1) is 0 Å². The van der Waals surface area contributed by atoms with Crippen molar-refractivity contribution in [3.63, 3.8) is 0 Å². The van der Waals surface area contributed by atoms with Crippen LogP contribution in [0.1, 0.15) is 0 Å².